The fourth-order valence-corrected chi connectivity index (χ4v) is 1.68. The molecule has 0 spiro atoms. The van der Waals surface area contributed by atoms with Gasteiger partial charge in [0.1, 0.15) is 18.1 Å². The van der Waals surface area contributed by atoms with Gasteiger partial charge >= 0.3 is 5.97 Å². The first-order valence-electron chi connectivity index (χ1n) is 7.32. The molecule has 0 aliphatic carbocycles. The lowest BCUT2D eigenvalue weighted by atomic mass is 10.1. The summed E-state index contributed by atoms with van der Waals surface area (Å²) in [5.41, 5.74) is 0.393. The van der Waals surface area contributed by atoms with E-state index in [1.165, 1.54) is 0 Å². The van der Waals surface area contributed by atoms with Crippen LogP contribution in [0.1, 0.15) is 24.2 Å². The zero-order valence-corrected chi connectivity index (χ0v) is 13.6. The number of carboxylic acids is 1. The highest BCUT2D eigenvalue weighted by atomic mass is 16.5. The Morgan fingerprint density at radius 2 is 2.04 bits per heavy atom. The zero-order chi connectivity index (χ0) is 17.2. The highest BCUT2D eigenvalue weighted by Gasteiger charge is 2.14. The topological polar surface area (TPSA) is 94.1 Å². The number of benzene rings is 1. The SMILES string of the molecule is COc1ccc(C(=O)NCCOCC(=O)O)c(OCC(C)C)c1. The summed E-state index contributed by atoms with van der Waals surface area (Å²) in [6.07, 6.45) is 0. The number of aliphatic carboxylic acids is 1. The third-order valence-corrected chi connectivity index (χ3v) is 2.76. The molecule has 0 aromatic heterocycles. The van der Waals surface area contributed by atoms with Crippen LogP contribution in [-0.2, 0) is 9.53 Å². The summed E-state index contributed by atoms with van der Waals surface area (Å²) in [7, 11) is 1.54. The molecule has 1 aromatic carbocycles. The highest BCUT2D eigenvalue weighted by molar-refractivity contribution is 5.97. The van der Waals surface area contributed by atoms with Crippen molar-refractivity contribution in [3.8, 4) is 11.5 Å². The van der Waals surface area contributed by atoms with Gasteiger partial charge in [-0.2, -0.15) is 0 Å². The van der Waals surface area contributed by atoms with Gasteiger partial charge in [0.15, 0.2) is 0 Å². The number of carbonyl (C=O) groups excluding carboxylic acids is 1. The van der Waals surface area contributed by atoms with Crippen molar-refractivity contribution in [2.45, 2.75) is 13.8 Å². The van der Waals surface area contributed by atoms with Gasteiger partial charge in [-0.15, -0.1) is 0 Å². The molecule has 128 valence electrons. The Bertz CT molecular complexity index is 529. The fourth-order valence-electron chi connectivity index (χ4n) is 1.68. The smallest absolute Gasteiger partial charge is 0.329 e. The van der Waals surface area contributed by atoms with Gasteiger partial charge < -0.3 is 24.6 Å². The van der Waals surface area contributed by atoms with Crippen LogP contribution in [0.25, 0.3) is 0 Å². The van der Waals surface area contributed by atoms with Crippen molar-refractivity contribution in [3.63, 3.8) is 0 Å². The van der Waals surface area contributed by atoms with E-state index in [1.54, 1.807) is 25.3 Å². The maximum Gasteiger partial charge on any atom is 0.329 e. The minimum atomic E-state index is -1.05. The molecule has 7 nitrogen and oxygen atoms in total. The average molecular weight is 325 g/mol. The second-order valence-electron chi connectivity index (χ2n) is 5.27. The maximum atomic E-state index is 12.2. The number of carboxylic acid groups (broad SMARTS) is 1. The van der Waals surface area contributed by atoms with E-state index in [4.69, 9.17) is 19.3 Å². The molecule has 0 atom stereocenters. The van der Waals surface area contributed by atoms with Crippen LogP contribution >= 0.6 is 0 Å². The van der Waals surface area contributed by atoms with Crippen LogP contribution < -0.4 is 14.8 Å². The number of hydrogen-bond donors (Lipinski definition) is 2. The summed E-state index contributed by atoms with van der Waals surface area (Å²) < 4.78 is 15.7. The van der Waals surface area contributed by atoms with E-state index in [0.29, 0.717) is 29.6 Å². The molecule has 0 saturated carbocycles. The fraction of sp³-hybridized carbons (Fsp3) is 0.500. The van der Waals surface area contributed by atoms with E-state index in [9.17, 15) is 9.59 Å². The summed E-state index contributed by atoms with van der Waals surface area (Å²) in [4.78, 5) is 22.5. The first-order chi connectivity index (χ1) is 10.9. The van der Waals surface area contributed by atoms with Gasteiger partial charge in [-0.05, 0) is 18.1 Å². The molecule has 0 bridgehead atoms. The van der Waals surface area contributed by atoms with Crippen LogP contribution in [0.3, 0.4) is 0 Å². The quantitative estimate of drug-likeness (QED) is 0.634. The van der Waals surface area contributed by atoms with Crippen LogP contribution in [0.5, 0.6) is 11.5 Å². The standard InChI is InChI=1S/C16H23NO6/c1-11(2)9-23-14-8-12(21-3)4-5-13(14)16(20)17-6-7-22-10-15(18)19/h4-5,8,11H,6-7,9-10H2,1-3H3,(H,17,20)(H,18,19). The van der Waals surface area contributed by atoms with Crippen LogP contribution in [0, 0.1) is 5.92 Å². The number of rotatable bonds is 10. The molecule has 0 fully saturated rings. The van der Waals surface area contributed by atoms with Gasteiger partial charge in [-0.25, -0.2) is 4.79 Å². The first-order valence-corrected chi connectivity index (χ1v) is 7.32. The molecule has 0 aliphatic heterocycles. The van der Waals surface area contributed by atoms with E-state index in [-0.39, 0.29) is 25.7 Å². The molecule has 1 rings (SSSR count). The predicted molar refractivity (Wildman–Crippen MR) is 84.1 cm³/mol. The number of nitrogens with one attached hydrogen (secondary N) is 1. The average Bonchev–Trinajstić information content (AvgIpc) is 2.51. The number of methoxy groups -OCH3 is 1. The van der Waals surface area contributed by atoms with Crippen molar-refractivity contribution in [1.29, 1.82) is 0 Å². The van der Waals surface area contributed by atoms with Gasteiger partial charge in [0.05, 0.1) is 25.9 Å². The minimum absolute atomic E-state index is 0.121. The van der Waals surface area contributed by atoms with E-state index in [2.05, 4.69) is 5.32 Å². The van der Waals surface area contributed by atoms with Crippen LogP contribution in [0.15, 0.2) is 18.2 Å². The van der Waals surface area contributed by atoms with Crippen LogP contribution in [-0.4, -0.2) is 50.5 Å². The lowest BCUT2D eigenvalue weighted by molar-refractivity contribution is -0.142. The number of amides is 1. The van der Waals surface area contributed by atoms with Gasteiger partial charge in [0.2, 0.25) is 0 Å². The Morgan fingerprint density at radius 3 is 2.65 bits per heavy atom. The van der Waals surface area contributed by atoms with Crippen molar-refractivity contribution in [3.05, 3.63) is 23.8 Å². The Hall–Kier alpha value is -2.28. The number of hydrogen-bond acceptors (Lipinski definition) is 5. The van der Waals surface area contributed by atoms with Gasteiger partial charge in [-0.3, -0.25) is 4.79 Å². The Balaban J connectivity index is 2.64. The van der Waals surface area contributed by atoms with Gasteiger partial charge in [0.25, 0.3) is 5.91 Å². The minimum Gasteiger partial charge on any atom is -0.497 e. The second-order valence-corrected chi connectivity index (χ2v) is 5.27. The summed E-state index contributed by atoms with van der Waals surface area (Å²) >= 11 is 0. The molecule has 7 heteroatoms. The lowest BCUT2D eigenvalue weighted by Crippen LogP contribution is -2.28. The van der Waals surface area contributed by atoms with Crippen molar-refractivity contribution in [2.75, 3.05) is 33.5 Å². The molecular formula is C16H23NO6. The largest absolute Gasteiger partial charge is 0.497 e. The van der Waals surface area contributed by atoms with Crippen molar-refractivity contribution >= 4 is 11.9 Å². The highest BCUT2D eigenvalue weighted by Crippen LogP contribution is 2.25. The summed E-state index contributed by atoms with van der Waals surface area (Å²) in [5, 5.41) is 11.1. The van der Waals surface area contributed by atoms with E-state index < -0.39 is 5.97 Å². The first kappa shape index (κ1) is 18.8. The summed E-state index contributed by atoms with van der Waals surface area (Å²) in [5.74, 6) is 0.00909. The molecule has 0 aliphatic rings. The van der Waals surface area contributed by atoms with E-state index >= 15 is 0 Å². The normalized spacial score (nSPS) is 10.4. The molecule has 0 unspecified atom stereocenters. The van der Waals surface area contributed by atoms with E-state index in [0.717, 1.165) is 0 Å². The third kappa shape index (κ3) is 7.01. The van der Waals surface area contributed by atoms with Gasteiger partial charge in [0, 0.05) is 12.6 Å². The molecule has 1 aromatic rings. The molecule has 0 saturated heterocycles. The van der Waals surface area contributed by atoms with Crippen molar-refractivity contribution in [1.82, 2.24) is 5.32 Å². The predicted octanol–water partition coefficient (Wildman–Crippen LogP) is 1.56. The van der Waals surface area contributed by atoms with E-state index in [1.807, 2.05) is 13.8 Å². The Kier molecular flexibility index (Phi) is 7.90. The maximum absolute atomic E-state index is 12.2. The molecular weight excluding hydrogens is 302 g/mol. The third-order valence-electron chi connectivity index (χ3n) is 2.76. The summed E-state index contributed by atoms with van der Waals surface area (Å²) in [6.45, 7) is 4.45. The number of ether oxygens (including phenoxy) is 3. The molecule has 2 N–H and O–H groups in total. The molecule has 0 heterocycles. The molecule has 1 amide bonds. The number of carbonyl (C=O) groups is 2. The monoisotopic (exact) mass is 325 g/mol. The van der Waals surface area contributed by atoms with Crippen LogP contribution in [0.2, 0.25) is 0 Å². The summed E-state index contributed by atoms with van der Waals surface area (Å²) in [6, 6.07) is 4.97. The van der Waals surface area contributed by atoms with Crippen molar-refractivity contribution < 1.29 is 28.9 Å². The van der Waals surface area contributed by atoms with Gasteiger partial charge in [-0.1, -0.05) is 13.8 Å². The Morgan fingerprint density at radius 1 is 1.30 bits per heavy atom. The van der Waals surface area contributed by atoms with Crippen molar-refractivity contribution in [2.24, 2.45) is 5.92 Å². The van der Waals surface area contributed by atoms with Crippen LogP contribution in [0.4, 0.5) is 0 Å². The Labute approximate surface area is 135 Å². The lowest BCUT2D eigenvalue weighted by Gasteiger charge is -2.14. The molecule has 0 radical (unpaired) electrons. The molecule has 23 heavy (non-hydrogen) atoms. The second kappa shape index (κ2) is 9.68. The zero-order valence-electron chi connectivity index (χ0n) is 13.6.